The van der Waals surface area contributed by atoms with Crippen LogP contribution in [-0.2, 0) is 6.54 Å². The van der Waals surface area contributed by atoms with E-state index in [0.29, 0.717) is 17.0 Å². The van der Waals surface area contributed by atoms with Crippen LogP contribution < -0.4 is 10.3 Å². The molecule has 1 aromatic heterocycles. The Hall–Kier alpha value is -2.56. The first-order valence-electron chi connectivity index (χ1n) is 5.76. The fraction of sp³-hybridized carbons (Fsp3) is 0.143. The fourth-order valence-electron chi connectivity index (χ4n) is 1.81. The van der Waals surface area contributed by atoms with Crippen molar-refractivity contribution >= 4 is 5.71 Å². The van der Waals surface area contributed by atoms with E-state index in [1.165, 1.54) is 10.6 Å². The molecule has 5 nitrogen and oxygen atoms in total. The summed E-state index contributed by atoms with van der Waals surface area (Å²) in [5, 5.41) is 12.4. The van der Waals surface area contributed by atoms with E-state index in [-0.39, 0.29) is 12.1 Å². The molecule has 0 radical (unpaired) electrons. The summed E-state index contributed by atoms with van der Waals surface area (Å²) in [6.07, 6.45) is 1.64. The molecule has 0 aliphatic carbocycles. The van der Waals surface area contributed by atoms with Crippen LogP contribution in [0.25, 0.3) is 0 Å². The van der Waals surface area contributed by atoms with Crippen molar-refractivity contribution in [1.29, 1.82) is 0 Å². The third-order valence-corrected chi connectivity index (χ3v) is 2.76. The number of nitrogens with zero attached hydrogens (tertiary/aromatic N) is 2. The maximum atomic E-state index is 11.7. The molecular formula is C14H14N2O3. The Morgan fingerprint density at radius 3 is 2.68 bits per heavy atom. The van der Waals surface area contributed by atoms with Gasteiger partial charge in [-0.25, -0.2) is 0 Å². The number of hydrogen-bond donors (Lipinski definition) is 1. The van der Waals surface area contributed by atoms with Crippen LogP contribution in [0, 0.1) is 0 Å². The van der Waals surface area contributed by atoms with Crippen molar-refractivity contribution in [2.75, 3.05) is 7.11 Å². The molecule has 0 saturated carbocycles. The number of aromatic nitrogens is 1. The highest BCUT2D eigenvalue weighted by atomic mass is 16.5. The maximum absolute atomic E-state index is 11.7. The summed E-state index contributed by atoms with van der Waals surface area (Å²) in [6, 6.07) is 12.1. The third-order valence-electron chi connectivity index (χ3n) is 2.76. The van der Waals surface area contributed by atoms with Crippen LogP contribution in [-0.4, -0.2) is 22.6 Å². The van der Waals surface area contributed by atoms with Crippen molar-refractivity contribution in [3.63, 3.8) is 0 Å². The van der Waals surface area contributed by atoms with Gasteiger partial charge in [0.05, 0.1) is 13.7 Å². The second kappa shape index (κ2) is 5.86. The highest BCUT2D eigenvalue weighted by Crippen LogP contribution is 2.18. The molecule has 98 valence electrons. The van der Waals surface area contributed by atoms with E-state index < -0.39 is 0 Å². The first-order chi connectivity index (χ1) is 9.26. The largest absolute Gasteiger partial charge is 0.496 e. The number of oxime groups is 1. The Kier molecular flexibility index (Phi) is 3.97. The van der Waals surface area contributed by atoms with Crippen LogP contribution in [0.15, 0.2) is 58.6 Å². The van der Waals surface area contributed by atoms with Gasteiger partial charge in [0.1, 0.15) is 11.5 Å². The minimum atomic E-state index is -0.154. The lowest BCUT2D eigenvalue weighted by Gasteiger charge is -2.11. The molecule has 0 atom stereocenters. The first-order valence-corrected chi connectivity index (χ1v) is 5.76. The summed E-state index contributed by atoms with van der Waals surface area (Å²) in [7, 11) is 1.54. The number of pyridine rings is 1. The number of para-hydroxylation sites is 1. The molecule has 0 unspecified atom stereocenters. The molecule has 2 aromatic rings. The summed E-state index contributed by atoms with van der Waals surface area (Å²) < 4.78 is 6.68. The van der Waals surface area contributed by atoms with Gasteiger partial charge < -0.3 is 14.5 Å². The van der Waals surface area contributed by atoms with E-state index in [9.17, 15) is 4.79 Å². The van der Waals surface area contributed by atoms with Gasteiger partial charge in [0.15, 0.2) is 0 Å². The molecule has 0 spiro atoms. The zero-order chi connectivity index (χ0) is 13.7. The molecule has 1 aromatic carbocycles. The highest BCUT2D eigenvalue weighted by molar-refractivity contribution is 6.02. The van der Waals surface area contributed by atoms with E-state index in [1.54, 1.807) is 37.6 Å². The summed E-state index contributed by atoms with van der Waals surface area (Å²) in [6.45, 7) is 0.177. The van der Waals surface area contributed by atoms with Crippen molar-refractivity contribution in [2.45, 2.75) is 6.54 Å². The van der Waals surface area contributed by atoms with E-state index in [1.807, 2.05) is 12.1 Å². The van der Waals surface area contributed by atoms with Crippen molar-refractivity contribution in [3.05, 3.63) is 64.6 Å². The smallest absolute Gasteiger partial charge is 0.250 e. The van der Waals surface area contributed by atoms with Gasteiger partial charge in [0.2, 0.25) is 0 Å². The molecule has 0 bridgehead atoms. The molecule has 5 heteroatoms. The van der Waals surface area contributed by atoms with Gasteiger partial charge in [-0.15, -0.1) is 0 Å². The Bertz CT molecular complexity index is 647. The lowest BCUT2D eigenvalue weighted by molar-refractivity contribution is 0.317. The van der Waals surface area contributed by atoms with Gasteiger partial charge in [-0.2, -0.15) is 0 Å². The molecule has 1 heterocycles. The summed E-state index contributed by atoms with van der Waals surface area (Å²) in [5.41, 5.74) is 0.868. The average Bonchev–Trinajstić information content (AvgIpc) is 2.46. The lowest BCUT2D eigenvalue weighted by Crippen LogP contribution is -2.23. The maximum Gasteiger partial charge on any atom is 0.250 e. The average molecular weight is 258 g/mol. The molecule has 2 rings (SSSR count). The molecule has 0 fully saturated rings. The van der Waals surface area contributed by atoms with Crippen LogP contribution in [0.5, 0.6) is 5.75 Å². The van der Waals surface area contributed by atoms with Gasteiger partial charge in [0, 0.05) is 17.8 Å². The van der Waals surface area contributed by atoms with E-state index in [2.05, 4.69) is 5.16 Å². The van der Waals surface area contributed by atoms with Crippen molar-refractivity contribution in [1.82, 2.24) is 4.57 Å². The van der Waals surface area contributed by atoms with Crippen molar-refractivity contribution in [2.24, 2.45) is 5.16 Å². The topological polar surface area (TPSA) is 63.8 Å². The van der Waals surface area contributed by atoms with Crippen LogP contribution in [0.4, 0.5) is 0 Å². The predicted molar refractivity (Wildman–Crippen MR) is 72.0 cm³/mol. The normalized spacial score (nSPS) is 11.3. The predicted octanol–water partition coefficient (Wildman–Crippen LogP) is 1.74. The second-order valence-corrected chi connectivity index (χ2v) is 3.91. The molecule has 0 aliphatic heterocycles. The van der Waals surface area contributed by atoms with Crippen LogP contribution in [0.3, 0.4) is 0 Å². The number of benzene rings is 1. The van der Waals surface area contributed by atoms with E-state index >= 15 is 0 Å². The summed E-state index contributed by atoms with van der Waals surface area (Å²) in [5.74, 6) is 0.597. The Morgan fingerprint density at radius 1 is 1.26 bits per heavy atom. The zero-order valence-electron chi connectivity index (χ0n) is 10.5. The van der Waals surface area contributed by atoms with E-state index in [0.717, 1.165) is 0 Å². The van der Waals surface area contributed by atoms with Gasteiger partial charge in [-0.1, -0.05) is 23.4 Å². The molecular weight excluding hydrogens is 244 g/mol. The SMILES string of the molecule is COc1ccccc1/C(Cn1ccccc1=O)=N\O. The van der Waals surface area contributed by atoms with Crippen LogP contribution in [0.1, 0.15) is 5.56 Å². The molecule has 1 N–H and O–H groups in total. The highest BCUT2D eigenvalue weighted by Gasteiger charge is 2.11. The number of ether oxygens (including phenoxy) is 1. The Balaban J connectivity index is 2.37. The standard InChI is InChI=1S/C14H14N2O3/c1-19-13-7-3-2-6-11(13)12(15-18)10-16-9-5-4-8-14(16)17/h2-9,18H,10H2,1H3/b15-12-. The van der Waals surface area contributed by atoms with Gasteiger partial charge in [0.25, 0.3) is 5.56 Å². The molecule has 0 aliphatic rings. The van der Waals surface area contributed by atoms with E-state index in [4.69, 9.17) is 9.94 Å². The zero-order valence-corrected chi connectivity index (χ0v) is 10.5. The van der Waals surface area contributed by atoms with Gasteiger partial charge >= 0.3 is 0 Å². The Labute approximate surface area is 110 Å². The molecule has 0 amide bonds. The molecule has 0 saturated heterocycles. The van der Waals surface area contributed by atoms with Crippen molar-refractivity contribution in [3.8, 4) is 5.75 Å². The fourth-order valence-corrected chi connectivity index (χ4v) is 1.81. The number of rotatable bonds is 4. The lowest BCUT2D eigenvalue weighted by atomic mass is 10.1. The quantitative estimate of drug-likeness (QED) is 0.516. The minimum absolute atomic E-state index is 0.154. The Morgan fingerprint density at radius 2 is 2.00 bits per heavy atom. The second-order valence-electron chi connectivity index (χ2n) is 3.91. The number of hydrogen-bond acceptors (Lipinski definition) is 4. The third kappa shape index (κ3) is 2.82. The summed E-state index contributed by atoms with van der Waals surface area (Å²) in [4.78, 5) is 11.7. The van der Waals surface area contributed by atoms with Gasteiger partial charge in [-0.05, 0) is 18.2 Å². The summed E-state index contributed by atoms with van der Waals surface area (Å²) >= 11 is 0. The van der Waals surface area contributed by atoms with Crippen LogP contribution >= 0.6 is 0 Å². The first kappa shape index (κ1) is 12.9. The van der Waals surface area contributed by atoms with Crippen LogP contribution in [0.2, 0.25) is 0 Å². The molecule has 19 heavy (non-hydrogen) atoms. The number of methoxy groups -OCH3 is 1. The monoisotopic (exact) mass is 258 g/mol. The van der Waals surface area contributed by atoms with Gasteiger partial charge in [-0.3, -0.25) is 4.79 Å². The van der Waals surface area contributed by atoms with Crippen molar-refractivity contribution < 1.29 is 9.94 Å². The minimum Gasteiger partial charge on any atom is -0.496 e.